The lowest BCUT2D eigenvalue weighted by Crippen LogP contribution is -2.37. The first-order valence-electron chi connectivity index (χ1n) is 21.5. The van der Waals surface area contributed by atoms with Crippen LogP contribution in [0.15, 0.2) is 48.8 Å². The molecule has 0 aromatic heterocycles. The second-order valence-electron chi connectivity index (χ2n) is 15.6. The van der Waals surface area contributed by atoms with Gasteiger partial charge in [0.2, 0.25) is 0 Å². The molecular formula is C44H82NO8P. The molecule has 0 fully saturated rings. The molecule has 0 saturated carbocycles. The number of phosphoric ester groups is 1. The lowest BCUT2D eigenvalue weighted by Gasteiger charge is -2.28. The van der Waals surface area contributed by atoms with E-state index >= 15 is 0 Å². The van der Waals surface area contributed by atoms with Crippen LogP contribution in [0.4, 0.5) is 0 Å². The summed E-state index contributed by atoms with van der Waals surface area (Å²) in [7, 11) is 1.32. The van der Waals surface area contributed by atoms with Gasteiger partial charge in [0.05, 0.1) is 40.1 Å². The predicted molar refractivity (Wildman–Crippen MR) is 223 cm³/mol. The number of phosphoric acid groups is 1. The zero-order valence-corrected chi connectivity index (χ0v) is 36.2. The molecule has 2 unspecified atom stereocenters. The number of quaternary nitrogens is 1. The summed E-state index contributed by atoms with van der Waals surface area (Å²) >= 11 is 0. The van der Waals surface area contributed by atoms with Gasteiger partial charge in [-0.1, -0.05) is 153 Å². The van der Waals surface area contributed by atoms with Crippen molar-refractivity contribution in [3.05, 3.63) is 48.8 Å². The van der Waals surface area contributed by atoms with E-state index in [-0.39, 0.29) is 25.8 Å². The van der Waals surface area contributed by atoms with E-state index in [0.29, 0.717) is 23.9 Å². The molecule has 0 aromatic carbocycles. The summed E-state index contributed by atoms with van der Waals surface area (Å²) in [6.07, 6.45) is 41.2. The number of nitrogens with zero attached hydrogens (tertiary/aromatic N) is 1. The third kappa shape index (κ3) is 39.9. The first kappa shape index (κ1) is 52.3. The van der Waals surface area contributed by atoms with Crippen molar-refractivity contribution in [3.8, 4) is 0 Å². The highest BCUT2D eigenvalue weighted by molar-refractivity contribution is 7.45. The number of aliphatic hydroxyl groups excluding tert-OH is 1. The molecule has 54 heavy (non-hydrogen) atoms. The van der Waals surface area contributed by atoms with Gasteiger partial charge in [-0.25, -0.2) is 0 Å². The smallest absolute Gasteiger partial charge is 0.305 e. The molecule has 0 bridgehead atoms. The van der Waals surface area contributed by atoms with E-state index in [9.17, 15) is 19.4 Å². The van der Waals surface area contributed by atoms with Crippen LogP contribution >= 0.6 is 7.82 Å². The topological polar surface area (TPSA) is 114 Å². The lowest BCUT2D eigenvalue weighted by molar-refractivity contribution is -0.870. The van der Waals surface area contributed by atoms with Crippen LogP contribution in [-0.2, 0) is 27.9 Å². The number of aliphatic hydroxyl groups is 1. The fraction of sp³-hybridized carbons (Fsp3) is 0.795. The van der Waals surface area contributed by atoms with Gasteiger partial charge in [-0.2, -0.15) is 0 Å². The number of likely N-dealkylation sites (N-methyl/N-ethyl adjacent to an activating group) is 1. The van der Waals surface area contributed by atoms with Crippen LogP contribution in [0.3, 0.4) is 0 Å². The largest absolute Gasteiger partial charge is 0.756 e. The molecular weight excluding hydrogens is 701 g/mol. The molecule has 3 atom stereocenters. The van der Waals surface area contributed by atoms with Crippen LogP contribution in [-0.4, -0.2) is 75.3 Å². The standard InChI is InChI=1S/C44H82NO8P/c1-6-8-10-11-12-13-14-15-16-17-18-19-23-26-29-33-38-50-43(41-53-54(48,49)52-39-37-45(3,4)5)40-51-44(47)36-32-28-25-22-20-21-24-27-31-35-42(46)34-30-9-7-2/h9,24,27,30-31,33,35,38,42-43,46H,6-8,10-23,25-26,28-29,32,34,36-37,39-41H2,1-5H3/b27-24+,30-9+,35-31+,38-33+/t42?,43-/m1/s1. The van der Waals surface area contributed by atoms with Crippen molar-refractivity contribution in [1.29, 1.82) is 0 Å². The van der Waals surface area contributed by atoms with Crippen LogP contribution in [0.2, 0.25) is 0 Å². The molecule has 0 aliphatic heterocycles. The van der Waals surface area contributed by atoms with Crippen molar-refractivity contribution >= 4 is 13.8 Å². The highest BCUT2D eigenvalue weighted by atomic mass is 31.2. The van der Waals surface area contributed by atoms with Gasteiger partial charge >= 0.3 is 5.97 Å². The Hall–Kier alpha value is -1.74. The van der Waals surface area contributed by atoms with Crippen LogP contribution in [0.25, 0.3) is 0 Å². The maximum absolute atomic E-state index is 12.5. The number of hydrogen-bond acceptors (Lipinski definition) is 8. The Labute approximate surface area is 331 Å². The fourth-order valence-corrected chi connectivity index (χ4v) is 6.35. The number of carbonyl (C=O) groups is 1. The molecule has 0 heterocycles. The van der Waals surface area contributed by atoms with Crippen molar-refractivity contribution < 1.29 is 42.4 Å². The lowest BCUT2D eigenvalue weighted by atomic mass is 10.0. The van der Waals surface area contributed by atoms with Gasteiger partial charge < -0.3 is 33.0 Å². The molecule has 0 aliphatic carbocycles. The Morgan fingerprint density at radius 2 is 1.26 bits per heavy atom. The maximum Gasteiger partial charge on any atom is 0.305 e. The summed E-state index contributed by atoms with van der Waals surface area (Å²) in [6, 6.07) is 0. The van der Waals surface area contributed by atoms with E-state index in [2.05, 4.69) is 26.0 Å². The van der Waals surface area contributed by atoms with Crippen molar-refractivity contribution in [2.75, 3.05) is 47.5 Å². The normalized spacial score (nSPS) is 14.8. The van der Waals surface area contributed by atoms with Gasteiger partial charge in [-0.15, -0.1) is 0 Å². The molecule has 0 saturated heterocycles. The third-order valence-electron chi connectivity index (χ3n) is 9.06. The summed E-state index contributed by atoms with van der Waals surface area (Å²) in [5.74, 6) is -0.332. The molecule has 10 heteroatoms. The van der Waals surface area contributed by atoms with Crippen molar-refractivity contribution in [2.24, 2.45) is 0 Å². The third-order valence-corrected chi connectivity index (χ3v) is 10.0. The molecule has 316 valence electrons. The van der Waals surface area contributed by atoms with E-state index in [1.807, 2.05) is 45.4 Å². The summed E-state index contributed by atoms with van der Waals surface area (Å²) in [4.78, 5) is 24.8. The van der Waals surface area contributed by atoms with Gasteiger partial charge in [0.1, 0.15) is 19.8 Å². The first-order valence-corrected chi connectivity index (χ1v) is 23.0. The Morgan fingerprint density at radius 1 is 0.704 bits per heavy atom. The zero-order chi connectivity index (χ0) is 40.0. The van der Waals surface area contributed by atoms with Crippen LogP contribution in [0.1, 0.15) is 168 Å². The Bertz CT molecular complexity index is 1020. The molecule has 9 nitrogen and oxygen atoms in total. The highest BCUT2D eigenvalue weighted by Crippen LogP contribution is 2.38. The van der Waals surface area contributed by atoms with Crippen LogP contribution < -0.4 is 4.89 Å². The molecule has 0 rings (SSSR count). The molecule has 0 amide bonds. The maximum atomic E-state index is 12.5. The second kappa shape index (κ2) is 36.9. The number of unbranched alkanes of at least 4 members (excludes halogenated alkanes) is 19. The second-order valence-corrected chi connectivity index (χ2v) is 17.0. The van der Waals surface area contributed by atoms with Crippen molar-refractivity contribution in [2.45, 2.75) is 180 Å². The predicted octanol–water partition coefficient (Wildman–Crippen LogP) is 11.1. The molecule has 0 radical (unpaired) electrons. The summed E-state index contributed by atoms with van der Waals surface area (Å²) < 4.78 is 34.3. The van der Waals surface area contributed by atoms with E-state index < -0.39 is 20.0 Å². The minimum atomic E-state index is -4.53. The average Bonchev–Trinajstić information content (AvgIpc) is 3.12. The van der Waals surface area contributed by atoms with Gasteiger partial charge in [0, 0.05) is 6.42 Å². The summed E-state index contributed by atoms with van der Waals surface area (Å²) in [5.41, 5.74) is 0. The molecule has 0 aromatic rings. The summed E-state index contributed by atoms with van der Waals surface area (Å²) in [5, 5.41) is 9.87. The minimum absolute atomic E-state index is 0.0143. The number of allylic oxidation sites excluding steroid dienone is 5. The van der Waals surface area contributed by atoms with E-state index in [0.717, 1.165) is 57.8 Å². The van der Waals surface area contributed by atoms with Crippen molar-refractivity contribution in [1.82, 2.24) is 0 Å². The SMILES string of the molecule is CC/C=C/CC(O)/C=C/C=C/CCCCCCCC(=O)OC[C@H](COP(=O)([O-])OCC[N+](C)(C)C)O/C=C/CCCCCCCCCCCCCCCC. The highest BCUT2D eigenvalue weighted by Gasteiger charge is 2.19. The van der Waals surface area contributed by atoms with E-state index in [1.54, 1.807) is 12.3 Å². The zero-order valence-electron chi connectivity index (χ0n) is 35.3. The number of carbonyl (C=O) groups excluding carboxylic acids is 1. The molecule has 0 aliphatic rings. The number of ether oxygens (including phenoxy) is 2. The quantitative estimate of drug-likeness (QED) is 0.0125. The van der Waals surface area contributed by atoms with E-state index in [1.165, 1.54) is 83.5 Å². The average molecular weight is 784 g/mol. The Kier molecular flexibility index (Phi) is 35.7. The van der Waals surface area contributed by atoms with Gasteiger partial charge in [0.25, 0.3) is 7.82 Å². The van der Waals surface area contributed by atoms with Crippen LogP contribution in [0.5, 0.6) is 0 Å². The fourth-order valence-electron chi connectivity index (χ4n) is 5.62. The Morgan fingerprint density at radius 3 is 1.83 bits per heavy atom. The Balaban J connectivity index is 4.36. The summed E-state index contributed by atoms with van der Waals surface area (Å²) in [6.45, 7) is 4.46. The van der Waals surface area contributed by atoms with Gasteiger partial charge in [0.15, 0.2) is 6.10 Å². The number of rotatable bonds is 39. The monoisotopic (exact) mass is 784 g/mol. The van der Waals surface area contributed by atoms with Gasteiger partial charge in [-0.3, -0.25) is 9.36 Å². The molecule has 1 N–H and O–H groups in total. The van der Waals surface area contributed by atoms with E-state index in [4.69, 9.17) is 18.5 Å². The first-order chi connectivity index (χ1) is 26.0. The van der Waals surface area contributed by atoms with Gasteiger partial charge in [-0.05, 0) is 51.0 Å². The number of esters is 1. The minimum Gasteiger partial charge on any atom is -0.756 e. The van der Waals surface area contributed by atoms with Crippen molar-refractivity contribution in [3.63, 3.8) is 0 Å². The number of hydrogen-bond donors (Lipinski definition) is 1. The van der Waals surface area contributed by atoms with Crippen LogP contribution in [0, 0.1) is 0 Å². The molecule has 0 spiro atoms.